The second-order valence-corrected chi connectivity index (χ2v) is 8.15. The van der Waals surface area contributed by atoms with E-state index in [9.17, 15) is 9.59 Å². The molecule has 0 aliphatic carbocycles. The van der Waals surface area contributed by atoms with Crippen molar-refractivity contribution in [1.29, 1.82) is 0 Å². The molecule has 3 aromatic rings. The van der Waals surface area contributed by atoms with Gasteiger partial charge in [0.2, 0.25) is 5.91 Å². The molecule has 1 amide bonds. The minimum atomic E-state index is -0.466. The number of rotatable bonds is 5. The summed E-state index contributed by atoms with van der Waals surface area (Å²) in [4.78, 5) is 31.7. The van der Waals surface area contributed by atoms with E-state index in [0.29, 0.717) is 11.3 Å². The minimum Gasteiger partial charge on any atom is -0.465 e. The molecule has 1 atom stereocenters. The van der Waals surface area contributed by atoms with Crippen LogP contribution >= 0.6 is 11.3 Å². The summed E-state index contributed by atoms with van der Waals surface area (Å²) < 4.78 is 5.98. The van der Waals surface area contributed by atoms with Crippen LogP contribution in [0.2, 0.25) is 0 Å². The maximum atomic E-state index is 12.8. The Bertz CT molecular complexity index is 1000. The van der Waals surface area contributed by atoms with Gasteiger partial charge >= 0.3 is 5.97 Å². The predicted molar refractivity (Wildman–Crippen MR) is 114 cm³/mol. The molecule has 1 aliphatic rings. The number of hydrogen-bond acceptors (Lipinski definition) is 6. The quantitative estimate of drug-likeness (QED) is 0.638. The van der Waals surface area contributed by atoms with Gasteiger partial charge in [0.1, 0.15) is 5.01 Å². The van der Waals surface area contributed by atoms with E-state index in [1.165, 1.54) is 11.8 Å². The highest BCUT2D eigenvalue weighted by Crippen LogP contribution is 2.35. The second kappa shape index (κ2) is 8.71. The first-order valence-corrected chi connectivity index (χ1v) is 10.5. The van der Waals surface area contributed by atoms with E-state index in [1.807, 2.05) is 18.2 Å². The summed E-state index contributed by atoms with van der Waals surface area (Å²) in [5, 5.41) is 3.94. The Morgan fingerprint density at radius 1 is 1.17 bits per heavy atom. The fourth-order valence-electron chi connectivity index (χ4n) is 3.75. The van der Waals surface area contributed by atoms with Gasteiger partial charge < -0.3 is 10.1 Å². The summed E-state index contributed by atoms with van der Waals surface area (Å²) in [6, 6.07) is 15.2. The van der Waals surface area contributed by atoms with E-state index in [1.54, 1.807) is 35.6 Å². The number of thiazole rings is 1. The van der Waals surface area contributed by atoms with Gasteiger partial charge in [0.05, 0.1) is 41.2 Å². The lowest BCUT2D eigenvalue weighted by atomic mass is 10.0. The number of piperidine rings is 1. The van der Waals surface area contributed by atoms with Crippen LogP contribution in [0.4, 0.5) is 5.69 Å². The van der Waals surface area contributed by atoms with Crippen molar-refractivity contribution in [2.45, 2.75) is 25.3 Å². The van der Waals surface area contributed by atoms with Gasteiger partial charge in [-0.2, -0.15) is 0 Å². The smallest absolute Gasteiger partial charge is 0.339 e. The molecule has 2 heterocycles. The summed E-state index contributed by atoms with van der Waals surface area (Å²) in [6.45, 7) is 1.11. The first-order valence-electron chi connectivity index (χ1n) is 9.72. The molecule has 0 radical (unpaired) electrons. The van der Waals surface area contributed by atoms with Crippen LogP contribution in [0.3, 0.4) is 0 Å². The summed E-state index contributed by atoms with van der Waals surface area (Å²) >= 11 is 1.70. The van der Waals surface area contributed by atoms with Gasteiger partial charge in [0.25, 0.3) is 0 Å². The SMILES string of the molecule is COC(=O)c1ccccc1NC(=O)CN1CCCCC1c1nc2ccccc2s1. The number of para-hydroxylation sites is 2. The number of carbonyl (C=O) groups excluding carboxylic acids is 2. The Labute approximate surface area is 173 Å². The average molecular weight is 410 g/mol. The fraction of sp³-hybridized carbons (Fsp3) is 0.318. The van der Waals surface area contributed by atoms with Crippen LogP contribution in [0, 0.1) is 0 Å². The lowest BCUT2D eigenvalue weighted by Crippen LogP contribution is -2.39. The van der Waals surface area contributed by atoms with Crippen molar-refractivity contribution in [3.05, 3.63) is 59.1 Å². The molecular weight excluding hydrogens is 386 g/mol. The van der Waals surface area contributed by atoms with Crippen LogP contribution in [0.1, 0.15) is 40.7 Å². The van der Waals surface area contributed by atoms with Gasteiger partial charge in [-0.05, 0) is 43.7 Å². The predicted octanol–water partition coefficient (Wildman–Crippen LogP) is 4.25. The van der Waals surface area contributed by atoms with E-state index >= 15 is 0 Å². The largest absolute Gasteiger partial charge is 0.465 e. The van der Waals surface area contributed by atoms with Crippen molar-refractivity contribution in [2.24, 2.45) is 0 Å². The summed E-state index contributed by atoms with van der Waals surface area (Å²) in [6.07, 6.45) is 3.18. The number of likely N-dealkylation sites (tertiary alicyclic amines) is 1. The minimum absolute atomic E-state index is 0.141. The van der Waals surface area contributed by atoms with Gasteiger partial charge in [-0.15, -0.1) is 11.3 Å². The highest BCUT2D eigenvalue weighted by atomic mass is 32.1. The fourth-order valence-corrected chi connectivity index (χ4v) is 4.88. The number of amides is 1. The Morgan fingerprint density at radius 2 is 1.97 bits per heavy atom. The maximum Gasteiger partial charge on any atom is 0.339 e. The number of nitrogens with zero attached hydrogens (tertiary/aromatic N) is 2. The van der Waals surface area contributed by atoms with Gasteiger partial charge in [-0.25, -0.2) is 9.78 Å². The number of benzene rings is 2. The average Bonchev–Trinajstić information content (AvgIpc) is 3.18. The molecule has 2 aromatic carbocycles. The van der Waals surface area contributed by atoms with Crippen LogP contribution in [-0.2, 0) is 9.53 Å². The Balaban J connectivity index is 1.50. The topological polar surface area (TPSA) is 71.5 Å². The van der Waals surface area contributed by atoms with E-state index in [0.717, 1.165) is 36.3 Å². The van der Waals surface area contributed by atoms with E-state index < -0.39 is 5.97 Å². The number of ether oxygens (including phenoxy) is 1. The molecule has 1 unspecified atom stereocenters. The zero-order chi connectivity index (χ0) is 20.2. The summed E-state index contributed by atoms with van der Waals surface area (Å²) in [5.74, 6) is -0.611. The van der Waals surface area contributed by atoms with Crippen LogP contribution in [-0.4, -0.2) is 42.0 Å². The van der Waals surface area contributed by atoms with E-state index in [2.05, 4.69) is 16.3 Å². The number of nitrogens with one attached hydrogen (secondary N) is 1. The molecule has 0 bridgehead atoms. The summed E-state index contributed by atoms with van der Waals surface area (Å²) in [7, 11) is 1.33. The lowest BCUT2D eigenvalue weighted by molar-refractivity contribution is -0.118. The van der Waals surface area contributed by atoms with Gasteiger partial charge in [-0.3, -0.25) is 9.69 Å². The first-order chi connectivity index (χ1) is 14.2. The van der Waals surface area contributed by atoms with Crippen LogP contribution in [0.25, 0.3) is 10.2 Å². The number of fused-ring (bicyclic) bond motifs is 1. The molecule has 29 heavy (non-hydrogen) atoms. The lowest BCUT2D eigenvalue weighted by Gasteiger charge is -2.33. The second-order valence-electron chi connectivity index (χ2n) is 7.09. The number of anilines is 1. The molecule has 0 saturated carbocycles. The zero-order valence-corrected chi connectivity index (χ0v) is 17.1. The molecule has 150 valence electrons. The van der Waals surface area contributed by atoms with Crippen LogP contribution in [0.5, 0.6) is 0 Å². The van der Waals surface area contributed by atoms with Crippen molar-refractivity contribution in [3.63, 3.8) is 0 Å². The zero-order valence-electron chi connectivity index (χ0n) is 16.3. The molecule has 1 aromatic heterocycles. The first kappa shape index (κ1) is 19.5. The van der Waals surface area contributed by atoms with Crippen molar-refractivity contribution >= 4 is 39.1 Å². The van der Waals surface area contributed by atoms with Crippen molar-refractivity contribution in [2.75, 3.05) is 25.5 Å². The van der Waals surface area contributed by atoms with E-state index in [4.69, 9.17) is 9.72 Å². The molecule has 6 nitrogen and oxygen atoms in total. The number of esters is 1. The van der Waals surface area contributed by atoms with Crippen molar-refractivity contribution < 1.29 is 14.3 Å². The van der Waals surface area contributed by atoms with E-state index in [-0.39, 0.29) is 18.5 Å². The third-order valence-electron chi connectivity index (χ3n) is 5.16. The molecule has 1 fully saturated rings. The highest BCUT2D eigenvalue weighted by molar-refractivity contribution is 7.18. The highest BCUT2D eigenvalue weighted by Gasteiger charge is 2.28. The summed E-state index contributed by atoms with van der Waals surface area (Å²) in [5.41, 5.74) is 1.83. The maximum absolute atomic E-state index is 12.8. The van der Waals surface area contributed by atoms with Crippen LogP contribution < -0.4 is 5.32 Å². The van der Waals surface area contributed by atoms with Gasteiger partial charge in [-0.1, -0.05) is 30.7 Å². The van der Waals surface area contributed by atoms with Gasteiger partial charge in [0.15, 0.2) is 0 Å². The number of methoxy groups -OCH3 is 1. The molecule has 1 aliphatic heterocycles. The molecule has 1 N–H and O–H groups in total. The third-order valence-corrected chi connectivity index (χ3v) is 6.30. The monoisotopic (exact) mass is 409 g/mol. The van der Waals surface area contributed by atoms with Crippen molar-refractivity contribution in [1.82, 2.24) is 9.88 Å². The number of hydrogen-bond donors (Lipinski definition) is 1. The van der Waals surface area contributed by atoms with Crippen molar-refractivity contribution in [3.8, 4) is 0 Å². The molecule has 0 spiro atoms. The standard InChI is InChI=1S/C22H23N3O3S/c1-28-22(27)15-8-2-3-9-16(15)23-20(26)14-25-13-7-6-11-18(25)21-24-17-10-4-5-12-19(17)29-21/h2-5,8-10,12,18H,6-7,11,13-14H2,1H3,(H,23,26). The molecule has 7 heteroatoms. The Morgan fingerprint density at radius 3 is 2.79 bits per heavy atom. The third kappa shape index (κ3) is 4.31. The Kier molecular flexibility index (Phi) is 5.87. The molecule has 1 saturated heterocycles. The molecule has 4 rings (SSSR count). The molecular formula is C22H23N3O3S. The van der Waals surface area contributed by atoms with Crippen LogP contribution in [0.15, 0.2) is 48.5 Å². The number of aromatic nitrogens is 1. The van der Waals surface area contributed by atoms with Gasteiger partial charge in [0, 0.05) is 0 Å². The number of carbonyl (C=O) groups is 2. The normalized spacial score (nSPS) is 17.2. The Hall–Kier alpha value is -2.77.